The van der Waals surface area contributed by atoms with Gasteiger partial charge in [0, 0.05) is 29.2 Å². The zero-order valence-electron chi connectivity index (χ0n) is 11.7. The van der Waals surface area contributed by atoms with Gasteiger partial charge in [0.1, 0.15) is 0 Å². The molecule has 3 rings (SSSR count). The molecular formula is C18H16N2. The number of pyridine rings is 2. The van der Waals surface area contributed by atoms with E-state index in [1.807, 2.05) is 31.5 Å². The highest BCUT2D eigenvalue weighted by Gasteiger charge is 2.03. The molecule has 0 aliphatic rings. The largest absolute Gasteiger partial charge is 0.261 e. The first kappa shape index (κ1) is 12.5. The van der Waals surface area contributed by atoms with E-state index in [4.69, 9.17) is 0 Å². The molecular weight excluding hydrogens is 244 g/mol. The number of aryl methyl sites for hydroxylation is 2. The van der Waals surface area contributed by atoms with Gasteiger partial charge in [-0.2, -0.15) is 0 Å². The molecule has 2 nitrogen and oxygen atoms in total. The Kier molecular flexibility index (Phi) is 3.30. The van der Waals surface area contributed by atoms with Crippen LogP contribution >= 0.6 is 0 Å². The Labute approximate surface area is 119 Å². The topological polar surface area (TPSA) is 25.8 Å². The van der Waals surface area contributed by atoms with Crippen molar-refractivity contribution in [2.75, 3.05) is 0 Å². The number of nitrogens with zero attached hydrogens (tertiary/aromatic N) is 2. The fourth-order valence-corrected chi connectivity index (χ4v) is 2.19. The number of aromatic nitrogens is 2. The third-order valence-corrected chi connectivity index (χ3v) is 3.32. The summed E-state index contributed by atoms with van der Waals surface area (Å²) in [4.78, 5) is 8.80. The third-order valence-electron chi connectivity index (χ3n) is 3.32. The van der Waals surface area contributed by atoms with Crippen LogP contribution in [0.4, 0.5) is 0 Å². The molecule has 20 heavy (non-hydrogen) atoms. The summed E-state index contributed by atoms with van der Waals surface area (Å²) in [5.41, 5.74) is 6.68. The molecule has 0 N–H and O–H groups in total. The van der Waals surface area contributed by atoms with Crippen molar-refractivity contribution in [3.63, 3.8) is 0 Å². The minimum atomic E-state index is 1.01. The monoisotopic (exact) mass is 260 g/mol. The van der Waals surface area contributed by atoms with Crippen molar-refractivity contribution >= 4 is 0 Å². The van der Waals surface area contributed by atoms with Crippen LogP contribution in [0, 0.1) is 13.8 Å². The minimum Gasteiger partial charge on any atom is -0.261 e. The van der Waals surface area contributed by atoms with Gasteiger partial charge < -0.3 is 0 Å². The van der Waals surface area contributed by atoms with Crippen LogP contribution in [-0.2, 0) is 0 Å². The maximum absolute atomic E-state index is 4.44. The summed E-state index contributed by atoms with van der Waals surface area (Å²) < 4.78 is 0. The van der Waals surface area contributed by atoms with Crippen molar-refractivity contribution in [3.05, 3.63) is 72.2 Å². The second kappa shape index (κ2) is 5.25. The Morgan fingerprint density at radius 1 is 0.750 bits per heavy atom. The predicted octanol–water partition coefficient (Wildman–Crippen LogP) is 4.43. The normalized spacial score (nSPS) is 10.5. The zero-order chi connectivity index (χ0) is 13.9. The predicted molar refractivity (Wildman–Crippen MR) is 82.4 cm³/mol. The smallest absolute Gasteiger partial charge is 0.0704 e. The first-order chi connectivity index (χ1) is 9.72. The number of hydrogen-bond donors (Lipinski definition) is 0. The van der Waals surface area contributed by atoms with Crippen molar-refractivity contribution in [1.82, 2.24) is 9.97 Å². The van der Waals surface area contributed by atoms with Gasteiger partial charge in [-0.3, -0.25) is 9.97 Å². The van der Waals surface area contributed by atoms with Crippen LogP contribution in [0.25, 0.3) is 22.4 Å². The van der Waals surface area contributed by atoms with Gasteiger partial charge in [0.05, 0.1) is 5.69 Å². The second-order valence-electron chi connectivity index (χ2n) is 4.99. The summed E-state index contributed by atoms with van der Waals surface area (Å²) in [6.45, 7) is 4.08. The summed E-state index contributed by atoms with van der Waals surface area (Å²) in [7, 11) is 0. The van der Waals surface area contributed by atoms with E-state index in [2.05, 4.69) is 53.3 Å². The Hall–Kier alpha value is -2.48. The van der Waals surface area contributed by atoms with Gasteiger partial charge in [0.2, 0.25) is 0 Å². The standard InChI is InChI=1S/C18H16N2/c1-13-8-9-19-18(10-13)16-5-3-4-15(11-16)17-7-6-14(2)20-12-17/h3-12H,1-2H3. The summed E-state index contributed by atoms with van der Waals surface area (Å²) in [5, 5.41) is 0. The highest BCUT2D eigenvalue weighted by atomic mass is 14.7. The molecule has 2 heterocycles. The van der Waals surface area contributed by atoms with Crippen molar-refractivity contribution in [3.8, 4) is 22.4 Å². The molecule has 0 fully saturated rings. The van der Waals surface area contributed by atoms with E-state index in [0.29, 0.717) is 0 Å². The van der Waals surface area contributed by atoms with E-state index < -0.39 is 0 Å². The van der Waals surface area contributed by atoms with Gasteiger partial charge >= 0.3 is 0 Å². The quantitative estimate of drug-likeness (QED) is 0.681. The molecule has 0 radical (unpaired) electrons. The molecule has 0 amide bonds. The van der Waals surface area contributed by atoms with Crippen LogP contribution in [0.3, 0.4) is 0 Å². The van der Waals surface area contributed by atoms with Crippen molar-refractivity contribution in [2.24, 2.45) is 0 Å². The van der Waals surface area contributed by atoms with Crippen LogP contribution in [0.2, 0.25) is 0 Å². The first-order valence-corrected chi connectivity index (χ1v) is 6.68. The molecule has 98 valence electrons. The number of benzene rings is 1. The van der Waals surface area contributed by atoms with Crippen molar-refractivity contribution in [2.45, 2.75) is 13.8 Å². The molecule has 0 spiro atoms. The lowest BCUT2D eigenvalue weighted by molar-refractivity contribution is 1.20. The van der Waals surface area contributed by atoms with Crippen LogP contribution in [-0.4, -0.2) is 9.97 Å². The fourth-order valence-electron chi connectivity index (χ4n) is 2.19. The molecule has 0 aliphatic carbocycles. The second-order valence-corrected chi connectivity index (χ2v) is 4.99. The van der Waals surface area contributed by atoms with E-state index >= 15 is 0 Å². The maximum atomic E-state index is 4.44. The lowest BCUT2D eigenvalue weighted by atomic mass is 10.0. The van der Waals surface area contributed by atoms with Gasteiger partial charge in [-0.05, 0) is 49.2 Å². The van der Waals surface area contributed by atoms with Gasteiger partial charge in [0.15, 0.2) is 0 Å². The average Bonchev–Trinajstić information content (AvgIpc) is 2.48. The summed E-state index contributed by atoms with van der Waals surface area (Å²) in [5.74, 6) is 0. The van der Waals surface area contributed by atoms with Crippen LogP contribution in [0.1, 0.15) is 11.3 Å². The molecule has 3 aromatic rings. The Morgan fingerprint density at radius 3 is 2.35 bits per heavy atom. The van der Waals surface area contributed by atoms with Gasteiger partial charge in [-0.25, -0.2) is 0 Å². The summed E-state index contributed by atoms with van der Waals surface area (Å²) in [6, 6.07) is 16.7. The lowest BCUT2D eigenvalue weighted by Gasteiger charge is -2.06. The van der Waals surface area contributed by atoms with E-state index in [0.717, 1.165) is 22.5 Å². The Morgan fingerprint density at radius 2 is 1.60 bits per heavy atom. The van der Waals surface area contributed by atoms with Gasteiger partial charge in [-0.1, -0.05) is 24.3 Å². The lowest BCUT2D eigenvalue weighted by Crippen LogP contribution is -1.87. The average molecular weight is 260 g/mol. The number of hydrogen-bond acceptors (Lipinski definition) is 2. The molecule has 2 aromatic heterocycles. The molecule has 0 aliphatic heterocycles. The zero-order valence-corrected chi connectivity index (χ0v) is 11.7. The minimum absolute atomic E-state index is 1.01. The van der Waals surface area contributed by atoms with Crippen molar-refractivity contribution < 1.29 is 0 Å². The van der Waals surface area contributed by atoms with Crippen molar-refractivity contribution in [1.29, 1.82) is 0 Å². The maximum Gasteiger partial charge on any atom is 0.0704 e. The summed E-state index contributed by atoms with van der Waals surface area (Å²) >= 11 is 0. The van der Waals surface area contributed by atoms with E-state index in [9.17, 15) is 0 Å². The highest BCUT2D eigenvalue weighted by Crippen LogP contribution is 2.25. The van der Waals surface area contributed by atoms with E-state index in [1.54, 1.807) is 0 Å². The van der Waals surface area contributed by atoms with Crippen LogP contribution < -0.4 is 0 Å². The van der Waals surface area contributed by atoms with Gasteiger partial charge in [0.25, 0.3) is 0 Å². The molecule has 0 unspecified atom stereocenters. The Bertz CT molecular complexity index is 730. The first-order valence-electron chi connectivity index (χ1n) is 6.68. The SMILES string of the molecule is Cc1ccnc(-c2cccc(-c3ccc(C)nc3)c2)c1. The van der Waals surface area contributed by atoms with Crippen LogP contribution in [0.5, 0.6) is 0 Å². The molecule has 0 bridgehead atoms. The van der Waals surface area contributed by atoms with Gasteiger partial charge in [-0.15, -0.1) is 0 Å². The fraction of sp³-hybridized carbons (Fsp3) is 0.111. The molecule has 0 atom stereocenters. The van der Waals surface area contributed by atoms with E-state index in [1.165, 1.54) is 11.1 Å². The molecule has 2 heteroatoms. The molecule has 0 saturated carbocycles. The number of rotatable bonds is 2. The molecule has 1 aromatic carbocycles. The summed E-state index contributed by atoms with van der Waals surface area (Å²) in [6.07, 6.45) is 3.77. The third kappa shape index (κ3) is 2.59. The highest BCUT2D eigenvalue weighted by molar-refractivity contribution is 5.71. The molecule has 0 saturated heterocycles. The van der Waals surface area contributed by atoms with E-state index in [-0.39, 0.29) is 0 Å². The Balaban J connectivity index is 2.03. The van der Waals surface area contributed by atoms with Crippen LogP contribution in [0.15, 0.2) is 60.9 Å².